The van der Waals surface area contributed by atoms with E-state index in [-0.39, 0.29) is 18.1 Å². The number of carbonyl (C=O) groups is 2. The molecule has 2 aliphatic heterocycles. The van der Waals surface area contributed by atoms with Crippen LogP contribution in [0.25, 0.3) is 0 Å². The number of nitrogens with one attached hydrogen (secondary N) is 2. The molecule has 154 valence electrons. The average Bonchev–Trinajstić information content (AvgIpc) is 3.41. The number of hydrogen-bond donors (Lipinski definition) is 2. The van der Waals surface area contributed by atoms with Gasteiger partial charge in [0.2, 0.25) is 5.91 Å². The highest BCUT2D eigenvalue weighted by molar-refractivity contribution is 5.90. The number of ether oxygens (including phenoxy) is 1. The summed E-state index contributed by atoms with van der Waals surface area (Å²) in [6.07, 6.45) is 1.30. The van der Waals surface area contributed by atoms with Crippen molar-refractivity contribution in [1.82, 2.24) is 10.5 Å². The van der Waals surface area contributed by atoms with Crippen molar-refractivity contribution in [2.24, 2.45) is 0 Å². The number of amides is 2. The van der Waals surface area contributed by atoms with Gasteiger partial charge in [-0.2, -0.15) is 0 Å². The molecule has 9 nitrogen and oxygen atoms in total. The number of anilines is 3. The van der Waals surface area contributed by atoms with Gasteiger partial charge >= 0.3 is 6.09 Å². The van der Waals surface area contributed by atoms with Gasteiger partial charge in [-0.1, -0.05) is 5.16 Å². The molecule has 0 saturated carbocycles. The summed E-state index contributed by atoms with van der Waals surface area (Å²) in [5, 5.41) is 9.61. The molecule has 1 aromatic carbocycles. The first-order chi connectivity index (χ1) is 14.0. The third-order valence-corrected chi connectivity index (χ3v) is 5.00. The van der Waals surface area contributed by atoms with Crippen molar-refractivity contribution < 1.29 is 23.2 Å². The lowest BCUT2D eigenvalue weighted by atomic mass is 10.2. The van der Waals surface area contributed by atoms with E-state index in [1.54, 1.807) is 18.2 Å². The molecule has 4 rings (SSSR count). The van der Waals surface area contributed by atoms with Gasteiger partial charge in [0.1, 0.15) is 18.2 Å². The minimum atomic E-state index is -0.518. The summed E-state index contributed by atoms with van der Waals surface area (Å²) in [6, 6.07) is 6.39. The number of carbonyl (C=O) groups excluding carboxylic acids is 2. The van der Waals surface area contributed by atoms with Gasteiger partial charge in [-0.15, -0.1) is 0 Å². The molecule has 0 radical (unpaired) electrons. The van der Waals surface area contributed by atoms with Crippen molar-refractivity contribution in [3.05, 3.63) is 36.3 Å². The largest absolute Gasteiger partial charge is 0.442 e. The predicted molar refractivity (Wildman–Crippen MR) is 103 cm³/mol. The second-order valence-corrected chi connectivity index (χ2v) is 7.15. The van der Waals surface area contributed by atoms with Crippen molar-refractivity contribution in [1.29, 1.82) is 0 Å². The minimum absolute atomic E-state index is 0.0121. The molecule has 2 N–H and O–H groups in total. The first-order valence-corrected chi connectivity index (χ1v) is 9.43. The number of halogens is 1. The first-order valence-electron chi connectivity index (χ1n) is 9.43. The minimum Gasteiger partial charge on any atom is -0.442 e. The van der Waals surface area contributed by atoms with Gasteiger partial charge in [0.15, 0.2) is 5.82 Å². The van der Waals surface area contributed by atoms with Crippen molar-refractivity contribution in [3.8, 4) is 0 Å². The van der Waals surface area contributed by atoms with Crippen LogP contribution in [0.3, 0.4) is 0 Å². The summed E-state index contributed by atoms with van der Waals surface area (Å²) in [4.78, 5) is 26.7. The Kier molecular flexibility index (Phi) is 5.24. The Hall–Kier alpha value is -3.30. The van der Waals surface area contributed by atoms with E-state index in [2.05, 4.69) is 15.8 Å². The van der Waals surface area contributed by atoms with Crippen LogP contribution in [0.4, 0.5) is 26.4 Å². The fourth-order valence-electron chi connectivity index (χ4n) is 3.67. The molecule has 2 aromatic rings. The summed E-state index contributed by atoms with van der Waals surface area (Å²) in [5.41, 5.74) is 0.899. The summed E-state index contributed by atoms with van der Waals surface area (Å²) >= 11 is 0. The fraction of sp³-hybridized carbons (Fsp3) is 0.421. The van der Waals surface area contributed by atoms with Crippen LogP contribution in [-0.4, -0.2) is 55.5 Å². The second-order valence-electron chi connectivity index (χ2n) is 7.15. The molecule has 2 aliphatic rings. The third kappa shape index (κ3) is 4.25. The summed E-state index contributed by atoms with van der Waals surface area (Å²) in [6.45, 7) is 3.35. The lowest BCUT2D eigenvalue weighted by Gasteiger charge is -2.21. The molecular weight excluding hydrogens is 381 g/mol. The lowest BCUT2D eigenvalue weighted by Crippen LogP contribution is -2.35. The number of benzene rings is 1. The van der Waals surface area contributed by atoms with Crippen LogP contribution in [0.2, 0.25) is 0 Å². The highest BCUT2D eigenvalue weighted by Crippen LogP contribution is 2.29. The topological polar surface area (TPSA) is 99.9 Å². The molecule has 29 heavy (non-hydrogen) atoms. The van der Waals surface area contributed by atoms with Gasteiger partial charge in [-0.05, 0) is 24.6 Å². The van der Waals surface area contributed by atoms with Crippen LogP contribution in [0.1, 0.15) is 13.3 Å². The van der Waals surface area contributed by atoms with E-state index >= 15 is 0 Å². The van der Waals surface area contributed by atoms with Crippen LogP contribution in [-0.2, 0) is 9.53 Å². The van der Waals surface area contributed by atoms with E-state index in [4.69, 9.17) is 9.26 Å². The fourth-order valence-corrected chi connectivity index (χ4v) is 3.67. The molecule has 1 aromatic heterocycles. The molecule has 0 unspecified atom stereocenters. The van der Waals surface area contributed by atoms with Crippen molar-refractivity contribution >= 4 is 29.2 Å². The highest BCUT2D eigenvalue weighted by atomic mass is 19.1. The van der Waals surface area contributed by atoms with Crippen molar-refractivity contribution in [3.63, 3.8) is 0 Å². The molecule has 0 bridgehead atoms. The monoisotopic (exact) mass is 403 g/mol. The molecule has 3 heterocycles. The summed E-state index contributed by atoms with van der Waals surface area (Å²) < 4.78 is 24.8. The zero-order valence-corrected chi connectivity index (χ0v) is 15.9. The van der Waals surface area contributed by atoms with Gasteiger partial charge in [-0.25, -0.2) is 9.18 Å². The van der Waals surface area contributed by atoms with Gasteiger partial charge in [-0.3, -0.25) is 9.69 Å². The molecule has 0 spiro atoms. The first kappa shape index (κ1) is 19.0. The number of aromatic nitrogens is 1. The Labute approximate surface area is 166 Å². The molecule has 10 heteroatoms. The number of hydrogen-bond acceptors (Lipinski definition) is 7. The maximum absolute atomic E-state index is 14.8. The van der Waals surface area contributed by atoms with E-state index in [1.807, 2.05) is 4.90 Å². The molecule has 2 fully saturated rings. The Morgan fingerprint density at radius 3 is 2.93 bits per heavy atom. The smallest absolute Gasteiger partial charge is 0.414 e. The van der Waals surface area contributed by atoms with Crippen LogP contribution in [0.15, 0.2) is 35.1 Å². The summed E-state index contributed by atoms with van der Waals surface area (Å²) in [7, 11) is 0. The zero-order chi connectivity index (χ0) is 20.4. The van der Waals surface area contributed by atoms with Gasteiger partial charge < -0.3 is 24.8 Å². The Morgan fingerprint density at radius 1 is 1.34 bits per heavy atom. The standard InChI is InChI=1S/C19H22FN5O4/c1-12(26)22-13-4-6-24(10-13)17-3-2-14(8-16(17)20)25-11-15(29-19(25)27)9-21-18-5-7-28-23-18/h2-3,5,7-8,13,15H,4,6,9-11H2,1H3,(H,21,23)(H,22,26)/t13-,15-/m0/s1. The van der Waals surface area contributed by atoms with Crippen LogP contribution < -0.4 is 20.4 Å². The van der Waals surface area contributed by atoms with E-state index in [0.29, 0.717) is 43.4 Å². The Morgan fingerprint density at radius 2 is 2.21 bits per heavy atom. The second kappa shape index (κ2) is 7.98. The number of rotatable bonds is 6. The maximum atomic E-state index is 14.8. The van der Waals surface area contributed by atoms with E-state index in [0.717, 1.165) is 6.42 Å². The molecule has 0 aliphatic carbocycles. The predicted octanol–water partition coefficient (Wildman–Crippen LogP) is 1.97. The van der Waals surface area contributed by atoms with E-state index < -0.39 is 11.9 Å². The average molecular weight is 403 g/mol. The molecule has 2 atom stereocenters. The Balaban J connectivity index is 1.38. The Bertz CT molecular complexity index is 891. The highest BCUT2D eigenvalue weighted by Gasteiger charge is 2.33. The normalized spacial score (nSPS) is 21.4. The molecular formula is C19H22FN5O4. The van der Waals surface area contributed by atoms with E-state index in [1.165, 1.54) is 24.2 Å². The van der Waals surface area contributed by atoms with Crippen LogP contribution >= 0.6 is 0 Å². The summed E-state index contributed by atoms with van der Waals surface area (Å²) in [5.74, 6) is 0.0498. The SMILES string of the molecule is CC(=O)N[C@H]1CCN(c2ccc(N3C[C@H](CNc4ccon4)OC3=O)cc2F)C1. The van der Waals surface area contributed by atoms with Crippen LogP contribution in [0.5, 0.6) is 0 Å². The molecule has 2 saturated heterocycles. The van der Waals surface area contributed by atoms with Gasteiger partial charge in [0.25, 0.3) is 0 Å². The van der Waals surface area contributed by atoms with Crippen molar-refractivity contribution in [2.45, 2.75) is 25.5 Å². The number of cyclic esters (lactones) is 1. The zero-order valence-electron chi connectivity index (χ0n) is 15.9. The number of nitrogens with zero attached hydrogens (tertiary/aromatic N) is 3. The van der Waals surface area contributed by atoms with Crippen LogP contribution in [0, 0.1) is 5.82 Å². The van der Waals surface area contributed by atoms with E-state index in [9.17, 15) is 14.0 Å². The van der Waals surface area contributed by atoms with Gasteiger partial charge in [0, 0.05) is 32.1 Å². The maximum Gasteiger partial charge on any atom is 0.414 e. The molecule has 2 amide bonds. The van der Waals surface area contributed by atoms with Crippen molar-refractivity contribution in [2.75, 3.05) is 41.3 Å². The lowest BCUT2D eigenvalue weighted by molar-refractivity contribution is -0.119. The third-order valence-electron chi connectivity index (χ3n) is 5.00. The quantitative estimate of drug-likeness (QED) is 0.761. The van der Waals surface area contributed by atoms with Gasteiger partial charge in [0.05, 0.1) is 24.5 Å².